The summed E-state index contributed by atoms with van der Waals surface area (Å²) in [6, 6.07) is 24.4. The van der Waals surface area contributed by atoms with Crippen LogP contribution in [0.5, 0.6) is 5.75 Å². The Bertz CT molecular complexity index is 1110. The van der Waals surface area contributed by atoms with Crippen LogP contribution in [0.1, 0.15) is 5.56 Å². The van der Waals surface area contributed by atoms with E-state index in [9.17, 15) is 4.79 Å². The van der Waals surface area contributed by atoms with Crippen LogP contribution in [0.25, 0.3) is 22.9 Å². The number of nitrogens with zero attached hydrogens (tertiary/aromatic N) is 2. The van der Waals surface area contributed by atoms with E-state index in [1.165, 1.54) is 0 Å². The zero-order chi connectivity index (χ0) is 20.1. The van der Waals surface area contributed by atoms with E-state index in [0.29, 0.717) is 23.2 Å². The standard InChI is InChI=1S/C23H19N3O3/c1-16-6-5-9-20(14-16)28-15-21(27)24-19-12-10-18(11-13-19)23-26-25-22(29-23)17-7-3-2-4-8-17/h2-14H,15H2,1H3,(H,24,27). The molecule has 1 aromatic heterocycles. The van der Waals surface area contributed by atoms with Gasteiger partial charge in [-0.2, -0.15) is 0 Å². The second-order valence-electron chi connectivity index (χ2n) is 6.51. The SMILES string of the molecule is Cc1cccc(OCC(=O)Nc2ccc(-c3nnc(-c4ccccc4)o3)cc2)c1. The fraction of sp³-hybridized carbons (Fsp3) is 0.0870. The van der Waals surface area contributed by atoms with Crippen LogP contribution in [-0.4, -0.2) is 22.7 Å². The molecular formula is C23H19N3O3. The highest BCUT2D eigenvalue weighted by Gasteiger charge is 2.11. The van der Waals surface area contributed by atoms with Crippen LogP contribution in [0.3, 0.4) is 0 Å². The molecule has 1 amide bonds. The van der Waals surface area contributed by atoms with Crippen LogP contribution < -0.4 is 10.1 Å². The van der Waals surface area contributed by atoms with Crippen molar-refractivity contribution >= 4 is 11.6 Å². The van der Waals surface area contributed by atoms with E-state index in [2.05, 4.69) is 15.5 Å². The lowest BCUT2D eigenvalue weighted by molar-refractivity contribution is -0.118. The Kier molecular flexibility index (Phi) is 5.33. The van der Waals surface area contributed by atoms with Crippen molar-refractivity contribution in [3.63, 3.8) is 0 Å². The first-order chi connectivity index (χ1) is 14.2. The van der Waals surface area contributed by atoms with Crippen molar-refractivity contribution in [3.05, 3.63) is 84.4 Å². The Labute approximate surface area is 168 Å². The van der Waals surface area contributed by atoms with Gasteiger partial charge in [0.25, 0.3) is 5.91 Å². The van der Waals surface area contributed by atoms with E-state index in [4.69, 9.17) is 9.15 Å². The van der Waals surface area contributed by atoms with Gasteiger partial charge in [-0.05, 0) is 61.0 Å². The Morgan fingerprint density at radius 2 is 1.59 bits per heavy atom. The minimum atomic E-state index is -0.233. The molecule has 0 radical (unpaired) electrons. The smallest absolute Gasteiger partial charge is 0.262 e. The molecule has 0 aliphatic rings. The van der Waals surface area contributed by atoms with Crippen molar-refractivity contribution < 1.29 is 13.9 Å². The molecule has 0 aliphatic carbocycles. The number of aromatic nitrogens is 2. The molecule has 0 atom stereocenters. The lowest BCUT2D eigenvalue weighted by Gasteiger charge is -2.08. The molecule has 6 nitrogen and oxygen atoms in total. The van der Waals surface area contributed by atoms with Gasteiger partial charge in [-0.1, -0.05) is 30.3 Å². The first-order valence-corrected chi connectivity index (χ1v) is 9.16. The molecular weight excluding hydrogens is 366 g/mol. The number of amides is 1. The van der Waals surface area contributed by atoms with Gasteiger partial charge >= 0.3 is 0 Å². The molecule has 6 heteroatoms. The second-order valence-corrected chi connectivity index (χ2v) is 6.51. The van der Waals surface area contributed by atoms with E-state index in [0.717, 1.165) is 16.7 Å². The summed E-state index contributed by atoms with van der Waals surface area (Å²) in [6.07, 6.45) is 0. The molecule has 144 valence electrons. The Balaban J connectivity index is 1.37. The third-order valence-electron chi connectivity index (χ3n) is 4.22. The number of nitrogens with one attached hydrogen (secondary N) is 1. The van der Waals surface area contributed by atoms with Crippen molar-refractivity contribution in [1.82, 2.24) is 10.2 Å². The fourth-order valence-electron chi connectivity index (χ4n) is 2.78. The maximum Gasteiger partial charge on any atom is 0.262 e. The fourth-order valence-corrected chi connectivity index (χ4v) is 2.78. The molecule has 3 aromatic carbocycles. The van der Waals surface area contributed by atoms with Crippen molar-refractivity contribution in [3.8, 4) is 28.7 Å². The summed E-state index contributed by atoms with van der Waals surface area (Å²) in [7, 11) is 0. The van der Waals surface area contributed by atoms with Gasteiger partial charge in [-0.25, -0.2) is 0 Å². The zero-order valence-corrected chi connectivity index (χ0v) is 15.8. The predicted molar refractivity (Wildman–Crippen MR) is 110 cm³/mol. The van der Waals surface area contributed by atoms with E-state index in [1.807, 2.05) is 73.7 Å². The maximum absolute atomic E-state index is 12.1. The number of ether oxygens (including phenoxy) is 1. The topological polar surface area (TPSA) is 77.2 Å². The molecule has 1 N–H and O–H groups in total. The van der Waals surface area contributed by atoms with E-state index >= 15 is 0 Å². The maximum atomic E-state index is 12.1. The largest absolute Gasteiger partial charge is 0.484 e. The third kappa shape index (κ3) is 4.68. The lowest BCUT2D eigenvalue weighted by Crippen LogP contribution is -2.20. The molecule has 4 rings (SSSR count). The zero-order valence-electron chi connectivity index (χ0n) is 15.8. The summed E-state index contributed by atoms with van der Waals surface area (Å²) in [5, 5.41) is 11.0. The summed E-state index contributed by atoms with van der Waals surface area (Å²) in [5.41, 5.74) is 3.38. The van der Waals surface area contributed by atoms with Crippen molar-refractivity contribution in [2.75, 3.05) is 11.9 Å². The van der Waals surface area contributed by atoms with Crippen LogP contribution in [0, 0.1) is 6.92 Å². The lowest BCUT2D eigenvalue weighted by atomic mass is 10.2. The Morgan fingerprint density at radius 3 is 2.28 bits per heavy atom. The van der Waals surface area contributed by atoms with Crippen molar-refractivity contribution in [2.45, 2.75) is 6.92 Å². The number of anilines is 1. The second kappa shape index (κ2) is 8.39. The molecule has 0 saturated carbocycles. The number of rotatable bonds is 6. The van der Waals surface area contributed by atoms with Gasteiger partial charge < -0.3 is 14.5 Å². The number of benzene rings is 3. The van der Waals surface area contributed by atoms with Gasteiger partial charge in [0, 0.05) is 16.8 Å². The summed E-state index contributed by atoms with van der Waals surface area (Å²) >= 11 is 0. The van der Waals surface area contributed by atoms with Crippen LogP contribution in [0.4, 0.5) is 5.69 Å². The molecule has 4 aromatic rings. The van der Waals surface area contributed by atoms with Crippen molar-refractivity contribution in [2.24, 2.45) is 0 Å². The van der Waals surface area contributed by atoms with Gasteiger partial charge in [-0.3, -0.25) is 4.79 Å². The molecule has 0 bridgehead atoms. The normalized spacial score (nSPS) is 10.5. The number of aryl methyl sites for hydroxylation is 1. The first kappa shape index (κ1) is 18.4. The molecule has 0 aliphatic heterocycles. The van der Waals surface area contributed by atoms with Gasteiger partial charge in [0.2, 0.25) is 11.8 Å². The predicted octanol–water partition coefficient (Wildman–Crippen LogP) is 4.73. The number of carbonyl (C=O) groups is 1. The highest BCUT2D eigenvalue weighted by Crippen LogP contribution is 2.24. The van der Waals surface area contributed by atoms with Crippen LogP contribution >= 0.6 is 0 Å². The minimum absolute atomic E-state index is 0.0602. The molecule has 29 heavy (non-hydrogen) atoms. The quantitative estimate of drug-likeness (QED) is 0.519. The number of hydrogen-bond acceptors (Lipinski definition) is 5. The number of hydrogen-bond donors (Lipinski definition) is 1. The summed E-state index contributed by atoms with van der Waals surface area (Å²) in [6.45, 7) is 1.91. The van der Waals surface area contributed by atoms with Gasteiger partial charge in [-0.15, -0.1) is 10.2 Å². The van der Waals surface area contributed by atoms with E-state index in [-0.39, 0.29) is 12.5 Å². The first-order valence-electron chi connectivity index (χ1n) is 9.16. The minimum Gasteiger partial charge on any atom is -0.484 e. The van der Waals surface area contributed by atoms with Crippen LogP contribution in [0.2, 0.25) is 0 Å². The molecule has 0 unspecified atom stereocenters. The third-order valence-corrected chi connectivity index (χ3v) is 4.22. The number of carbonyl (C=O) groups excluding carboxylic acids is 1. The average molecular weight is 385 g/mol. The summed E-state index contributed by atoms with van der Waals surface area (Å²) < 4.78 is 11.3. The highest BCUT2D eigenvalue weighted by molar-refractivity contribution is 5.92. The molecule has 0 spiro atoms. The van der Waals surface area contributed by atoms with Crippen molar-refractivity contribution in [1.29, 1.82) is 0 Å². The van der Waals surface area contributed by atoms with Gasteiger partial charge in [0.1, 0.15) is 5.75 Å². The van der Waals surface area contributed by atoms with Gasteiger partial charge in [0.15, 0.2) is 6.61 Å². The van der Waals surface area contributed by atoms with E-state index in [1.54, 1.807) is 12.1 Å². The van der Waals surface area contributed by atoms with Crippen LogP contribution in [-0.2, 0) is 4.79 Å². The van der Waals surface area contributed by atoms with Crippen LogP contribution in [0.15, 0.2) is 83.3 Å². The van der Waals surface area contributed by atoms with E-state index < -0.39 is 0 Å². The monoisotopic (exact) mass is 385 g/mol. The molecule has 0 saturated heterocycles. The Morgan fingerprint density at radius 1 is 0.897 bits per heavy atom. The highest BCUT2D eigenvalue weighted by atomic mass is 16.5. The summed E-state index contributed by atoms with van der Waals surface area (Å²) in [4.78, 5) is 12.1. The Hall–Kier alpha value is -3.93. The van der Waals surface area contributed by atoms with Gasteiger partial charge in [0.05, 0.1) is 0 Å². The molecule has 0 fully saturated rings. The molecule has 1 heterocycles. The summed E-state index contributed by atoms with van der Waals surface area (Å²) in [5.74, 6) is 1.32. The average Bonchev–Trinajstić information content (AvgIpc) is 3.24.